The van der Waals surface area contributed by atoms with Gasteiger partial charge in [0.15, 0.2) is 5.75 Å². The molecule has 0 bridgehead atoms. The first kappa shape index (κ1) is 16.4. The van der Waals surface area contributed by atoms with Crippen LogP contribution in [0.5, 0.6) is 5.75 Å². The molecule has 0 saturated carbocycles. The molecule has 0 aromatic heterocycles. The summed E-state index contributed by atoms with van der Waals surface area (Å²) in [5.41, 5.74) is 0.686. The Hall–Kier alpha value is -1.67. The number of hydrogen-bond donors (Lipinski definition) is 1. The highest BCUT2D eigenvalue weighted by molar-refractivity contribution is 7.89. The second-order valence-corrected chi connectivity index (χ2v) is 6.30. The van der Waals surface area contributed by atoms with Crippen LogP contribution in [0.3, 0.4) is 0 Å². The maximum Gasteiger partial charge on any atom is 0.310 e. The lowest BCUT2D eigenvalue weighted by Crippen LogP contribution is -2.26. The van der Waals surface area contributed by atoms with Gasteiger partial charge in [-0.1, -0.05) is 13.0 Å². The fourth-order valence-corrected chi connectivity index (χ4v) is 2.70. The molecule has 1 atom stereocenters. The van der Waals surface area contributed by atoms with Crippen molar-refractivity contribution in [2.75, 3.05) is 12.4 Å². The molecule has 112 valence electrons. The number of benzene rings is 1. The zero-order chi connectivity index (χ0) is 15.3. The molecule has 7 nitrogen and oxygen atoms in total. The van der Waals surface area contributed by atoms with E-state index in [1.165, 1.54) is 6.07 Å². The molecular weight excluding hydrogens is 284 g/mol. The minimum atomic E-state index is -3.59. The highest BCUT2D eigenvalue weighted by Crippen LogP contribution is 2.28. The van der Waals surface area contributed by atoms with E-state index in [4.69, 9.17) is 9.88 Å². The SMILES string of the molecule is CCC(COc1cc(C)ccc1[N+](=O)[O-])CS(N)(=O)=O. The average molecular weight is 302 g/mol. The van der Waals surface area contributed by atoms with Crippen molar-refractivity contribution in [3.8, 4) is 5.75 Å². The first-order chi connectivity index (χ1) is 9.23. The molecular formula is C12H18N2O5S. The minimum absolute atomic E-state index is 0.0667. The van der Waals surface area contributed by atoms with Gasteiger partial charge in [-0.25, -0.2) is 13.6 Å². The van der Waals surface area contributed by atoms with Crippen LogP contribution in [0.2, 0.25) is 0 Å². The molecule has 1 rings (SSSR count). The van der Waals surface area contributed by atoms with Crippen molar-refractivity contribution in [2.24, 2.45) is 11.1 Å². The van der Waals surface area contributed by atoms with Crippen LogP contribution < -0.4 is 9.88 Å². The topological polar surface area (TPSA) is 113 Å². The van der Waals surface area contributed by atoms with Crippen molar-refractivity contribution in [2.45, 2.75) is 20.3 Å². The van der Waals surface area contributed by atoms with E-state index in [-0.39, 0.29) is 29.7 Å². The third-order valence-corrected chi connectivity index (χ3v) is 3.77. The normalized spacial score (nSPS) is 12.9. The number of rotatable bonds is 7. The van der Waals surface area contributed by atoms with Crippen LogP contribution in [-0.2, 0) is 10.0 Å². The number of nitrogens with two attached hydrogens (primary N) is 1. The van der Waals surface area contributed by atoms with E-state index >= 15 is 0 Å². The fourth-order valence-electron chi connectivity index (χ4n) is 1.71. The van der Waals surface area contributed by atoms with E-state index in [1.54, 1.807) is 19.1 Å². The standard InChI is InChI=1S/C12H18N2O5S/c1-3-10(8-20(13,17)18)7-19-12-6-9(2)4-5-11(12)14(15)16/h4-6,10H,3,7-8H2,1-2H3,(H2,13,17,18). The van der Waals surface area contributed by atoms with Crippen molar-refractivity contribution in [3.63, 3.8) is 0 Å². The third-order valence-electron chi connectivity index (χ3n) is 2.83. The lowest BCUT2D eigenvalue weighted by molar-refractivity contribution is -0.385. The molecule has 0 aliphatic rings. The maximum absolute atomic E-state index is 11.1. The Kier molecular flexibility index (Phi) is 5.46. The van der Waals surface area contributed by atoms with Gasteiger partial charge in [0.1, 0.15) is 0 Å². The monoisotopic (exact) mass is 302 g/mol. The number of hydrogen-bond acceptors (Lipinski definition) is 5. The largest absolute Gasteiger partial charge is 0.486 e. The number of nitrogens with zero attached hydrogens (tertiary/aromatic N) is 1. The summed E-state index contributed by atoms with van der Waals surface area (Å²) < 4.78 is 27.5. The first-order valence-electron chi connectivity index (χ1n) is 6.11. The summed E-state index contributed by atoms with van der Waals surface area (Å²) in [4.78, 5) is 10.4. The van der Waals surface area contributed by atoms with E-state index in [2.05, 4.69) is 0 Å². The van der Waals surface area contributed by atoms with E-state index in [9.17, 15) is 18.5 Å². The number of ether oxygens (including phenoxy) is 1. The van der Waals surface area contributed by atoms with E-state index in [0.29, 0.717) is 6.42 Å². The van der Waals surface area contributed by atoms with Crippen molar-refractivity contribution >= 4 is 15.7 Å². The molecule has 0 heterocycles. The number of aryl methyl sites for hydroxylation is 1. The number of primary sulfonamides is 1. The first-order valence-corrected chi connectivity index (χ1v) is 7.82. The minimum Gasteiger partial charge on any atom is -0.486 e. The van der Waals surface area contributed by atoms with Gasteiger partial charge >= 0.3 is 5.69 Å². The van der Waals surface area contributed by atoms with Gasteiger partial charge in [0.05, 0.1) is 17.3 Å². The molecule has 0 aliphatic heterocycles. The van der Waals surface area contributed by atoms with Gasteiger partial charge in [-0.3, -0.25) is 10.1 Å². The van der Waals surface area contributed by atoms with Gasteiger partial charge in [-0.05, 0) is 25.0 Å². The molecule has 1 aromatic carbocycles. The highest BCUT2D eigenvalue weighted by Gasteiger charge is 2.19. The molecule has 8 heteroatoms. The molecule has 0 radical (unpaired) electrons. The molecule has 1 aromatic rings. The molecule has 0 fully saturated rings. The third kappa shape index (κ3) is 5.14. The zero-order valence-electron chi connectivity index (χ0n) is 11.4. The molecule has 0 amide bonds. The van der Waals surface area contributed by atoms with Crippen LogP contribution in [-0.4, -0.2) is 25.7 Å². The van der Waals surface area contributed by atoms with Gasteiger partial charge in [0.25, 0.3) is 0 Å². The second kappa shape index (κ2) is 6.67. The van der Waals surface area contributed by atoms with Gasteiger partial charge in [-0.2, -0.15) is 0 Å². The summed E-state index contributed by atoms with van der Waals surface area (Å²) in [7, 11) is -3.59. The van der Waals surface area contributed by atoms with Crippen LogP contribution in [0, 0.1) is 23.0 Å². The quantitative estimate of drug-likeness (QED) is 0.607. The molecule has 0 saturated heterocycles. The Morgan fingerprint density at radius 3 is 2.60 bits per heavy atom. The summed E-state index contributed by atoms with van der Waals surface area (Å²) in [6.07, 6.45) is 0.552. The number of nitro benzene ring substituents is 1. The van der Waals surface area contributed by atoms with Crippen molar-refractivity contribution < 1.29 is 18.1 Å². The van der Waals surface area contributed by atoms with Crippen LogP contribution in [0.25, 0.3) is 0 Å². The molecule has 0 aliphatic carbocycles. The Morgan fingerprint density at radius 2 is 2.10 bits per heavy atom. The number of nitro groups is 1. The van der Waals surface area contributed by atoms with Crippen LogP contribution in [0.4, 0.5) is 5.69 Å². The van der Waals surface area contributed by atoms with E-state index in [0.717, 1.165) is 5.56 Å². The van der Waals surface area contributed by atoms with E-state index < -0.39 is 14.9 Å². The smallest absolute Gasteiger partial charge is 0.310 e. The predicted octanol–water partition coefficient (Wildman–Crippen LogP) is 1.60. The second-order valence-electron chi connectivity index (χ2n) is 4.64. The Morgan fingerprint density at radius 1 is 1.45 bits per heavy atom. The molecule has 1 unspecified atom stereocenters. The Balaban J connectivity index is 2.82. The van der Waals surface area contributed by atoms with Gasteiger partial charge in [-0.15, -0.1) is 0 Å². The van der Waals surface area contributed by atoms with Crippen LogP contribution in [0.1, 0.15) is 18.9 Å². The van der Waals surface area contributed by atoms with Gasteiger partial charge in [0, 0.05) is 12.0 Å². The summed E-state index contributed by atoms with van der Waals surface area (Å²) in [6.45, 7) is 3.67. The Labute approximate surface area is 117 Å². The molecule has 0 spiro atoms. The summed E-state index contributed by atoms with van der Waals surface area (Å²) >= 11 is 0. The summed E-state index contributed by atoms with van der Waals surface area (Å²) in [5.74, 6) is -0.365. The lowest BCUT2D eigenvalue weighted by atomic mass is 10.1. The molecule has 2 N–H and O–H groups in total. The maximum atomic E-state index is 11.1. The molecule has 20 heavy (non-hydrogen) atoms. The van der Waals surface area contributed by atoms with Crippen molar-refractivity contribution in [3.05, 3.63) is 33.9 Å². The Bertz CT molecular complexity index is 586. The predicted molar refractivity (Wildman–Crippen MR) is 75.1 cm³/mol. The fraction of sp³-hybridized carbons (Fsp3) is 0.500. The van der Waals surface area contributed by atoms with E-state index in [1.807, 2.05) is 6.92 Å². The van der Waals surface area contributed by atoms with Crippen molar-refractivity contribution in [1.29, 1.82) is 0 Å². The highest BCUT2D eigenvalue weighted by atomic mass is 32.2. The van der Waals surface area contributed by atoms with Crippen LogP contribution in [0.15, 0.2) is 18.2 Å². The van der Waals surface area contributed by atoms with Crippen molar-refractivity contribution in [1.82, 2.24) is 0 Å². The zero-order valence-corrected chi connectivity index (χ0v) is 12.2. The van der Waals surface area contributed by atoms with Crippen LogP contribution >= 0.6 is 0 Å². The summed E-state index contributed by atoms with van der Waals surface area (Å²) in [5, 5.41) is 15.9. The lowest BCUT2D eigenvalue weighted by Gasteiger charge is -2.15. The summed E-state index contributed by atoms with van der Waals surface area (Å²) in [6, 6.07) is 4.54. The van der Waals surface area contributed by atoms with Gasteiger partial charge in [0.2, 0.25) is 10.0 Å². The average Bonchev–Trinajstić information content (AvgIpc) is 2.32. The van der Waals surface area contributed by atoms with Gasteiger partial charge < -0.3 is 4.74 Å². The number of sulfonamides is 1.